The van der Waals surface area contributed by atoms with E-state index in [0.29, 0.717) is 12.1 Å². The number of likely N-dealkylation sites (tertiary alicyclic amines) is 1. The number of aliphatic carboxylic acids is 1. The van der Waals surface area contributed by atoms with Crippen LogP contribution in [0, 0.1) is 25.7 Å². The highest BCUT2D eigenvalue weighted by Gasteiger charge is 2.37. The molecule has 2 heterocycles. The van der Waals surface area contributed by atoms with Gasteiger partial charge in [0.05, 0.1) is 29.1 Å². The van der Waals surface area contributed by atoms with Crippen LogP contribution in [0.1, 0.15) is 28.5 Å². The highest BCUT2D eigenvalue weighted by molar-refractivity contribution is 5.95. The zero-order valence-electron chi connectivity index (χ0n) is 14.1. The number of aromatic nitrogens is 2. The normalized spacial score (nSPS) is 20.4. The summed E-state index contributed by atoms with van der Waals surface area (Å²) in [7, 11) is 0. The summed E-state index contributed by atoms with van der Waals surface area (Å²) in [5, 5.41) is 13.6. The van der Waals surface area contributed by atoms with Crippen molar-refractivity contribution < 1.29 is 14.7 Å². The van der Waals surface area contributed by atoms with Gasteiger partial charge in [-0.25, -0.2) is 4.68 Å². The van der Waals surface area contributed by atoms with Gasteiger partial charge in [-0.3, -0.25) is 9.59 Å². The molecular formula is C18H21N3O3. The van der Waals surface area contributed by atoms with E-state index in [1.807, 2.05) is 45.0 Å². The minimum Gasteiger partial charge on any atom is -0.481 e. The zero-order chi connectivity index (χ0) is 17.4. The molecule has 2 atom stereocenters. The van der Waals surface area contributed by atoms with Crippen molar-refractivity contribution in [1.29, 1.82) is 0 Å². The van der Waals surface area contributed by atoms with Gasteiger partial charge in [0.1, 0.15) is 0 Å². The van der Waals surface area contributed by atoms with Gasteiger partial charge < -0.3 is 10.0 Å². The number of benzene rings is 1. The Kier molecular flexibility index (Phi) is 4.13. The van der Waals surface area contributed by atoms with Gasteiger partial charge in [-0.2, -0.15) is 5.10 Å². The van der Waals surface area contributed by atoms with Gasteiger partial charge in [-0.15, -0.1) is 0 Å². The van der Waals surface area contributed by atoms with E-state index in [1.54, 1.807) is 15.8 Å². The van der Waals surface area contributed by atoms with Crippen molar-refractivity contribution in [2.45, 2.75) is 20.8 Å². The number of carbonyl (C=O) groups excluding carboxylic acids is 1. The van der Waals surface area contributed by atoms with Crippen molar-refractivity contribution in [1.82, 2.24) is 14.7 Å². The number of nitrogens with zero attached hydrogens (tertiary/aromatic N) is 3. The average molecular weight is 327 g/mol. The van der Waals surface area contributed by atoms with Crippen molar-refractivity contribution >= 4 is 11.9 Å². The maximum atomic E-state index is 12.8. The number of amides is 1. The minimum atomic E-state index is -0.842. The quantitative estimate of drug-likeness (QED) is 0.938. The van der Waals surface area contributed by atoms with Crippen molar-refractivity contribution in [3.63, 3.8) is 0 Å². The highest BCUT2D eigenvalue weighted by atomic mass is 16.4. The van der Waals surface area contributed by atoms with Crippen LogP contribution in [0.5, 0.6) is 0 Å². The summed E-state index contributed by atoms with van der Waals surface area (Å²) in [6, 6.07) is 7.85. The Morgan fingerprint density at radius 1 is 1.21 bits per heavy atom. The van der Waals surface area contributed by atoms with Gasteiger partial charge >= 0.3 is 5.97 Å². The lowest BCUT2D eigenvalue weighted by Gasteiger charge is -2.16. The number of rotatable bonds is 3. The van der Waals surface area contributed by atoms with Crippen LogP contribution in [-0.2, 0) is 4.79 Å². The Bertz CT molecular complexity index is 797. The Hall–Kier alpha value is -2.63. The summed E-state index contributed by atoms with van der Waals surface area (Å²) in [6.07, 6.45) is 1.57. The molecule has 1 aliphatic rings. The minimum absolute atomic E-state index is 0.0434. The molecule has 6 nitrogen and oxygen atoms in total. The molecule has 1 aliphatic heterocycles. The number of carboxylic acid groups (broad SMARTS) is 1. The Labute approximate surface area is 140 Å². The van der Waals surface area contributed by atoms with E-state index in [9.17, 15) is 14.7 Å². The molecule has 1 saturated heterocycles. The lowest BCUT2D eigenvalue weighted by atomic mass is 9.99. The van der Waals surface area contributed by atoms with E-state index in [-0.39, 0.29) is 18.4 Å². The molecule has 1 aromatic carbocycles. The van der Waals surface area contributed by atoms with Gasteiger partial charge in [-0.05, 0) is 31.4 Å². The second kappa shape index (κ2) is 6.11. The predicted octanol–water partition coefficient (Wildman–Crippen LogP) is 2.28. The van der Waals surface area contributed by atoms with Crippen LogP contribution >= 0.6 is 0 Å². The first-order chi connectivity index (χ1) is 11.4. The van der Waals surface area contributed by atoms with Crippen LogP contribution in [0.3, 0.4) is 0 Å². The molecule has 2 aromatic rings. The molecule has 0 unspecified atom stereocenters. The SMILES string of the molecule is Cc1ccccc1-n1ncc(C(=O)N2C[C@@H](C)[C@H](C(=O)O)C2)c1C. The largest absolute Gasteiger partial charge is 0.481 e. The first-order valence-corrected chi connectivity index (χ1v) is 8.03. The number of hydrogen-bond donors (Lipinski definition) is 1. The fraction of sp³-hybridized carbons (Fsp3) is 0.389. The van der Waals surface area contributed by atoms with E-state index in [2.05, 4.69) is 5.10 Å². The van der Waals surface area contributed by atoms with E-state index in [0.717, 1.165) is 16.9 Å². The molecule has 6 heteroatoms. The van der Waals surface area contributed by atoms with Crippen molar-refractivity contribution in [3.8, 4) is 5.69 Å². The fourth-order valence-electron chi connectivity index (χ4n) is 3.29. The van der Waals surface area contributed by atoms with Crippen molar-refractivity contribution in [3.05, 3.63) is 47.3 Å². The third kappa shape index (κ3) is 2.68. The Morgan fingerprint density at radius 3 is 2.54 bits per heavy atom. The fourth-order valence-corrected chi connectivity index (χ4v) is 3.29. The van der Waals surface area contributed by atoms with Crippen LogP contribution in [0.2, 0.25) is 0 Å². The van der Waals surface area contributed by atoms with Gasteiger partial charge in [0.15, 0.2) is 0 Å². The molecule has 24 heavy (non-hydrogen) atoms. The standard InChI is InChI=1S/C18H21N3O3/c1-11-6-4-5-7-16(11)21-13(3)14(8-19-21)17(22)20-9-12(2)15(10-20)18(23)24/h4-8,12,15H,9-10H2,1-3H3,(H,23,24)/t12-,15-/m1/s1. The molecule has 0 aliphatic carbocycles. The zero-order valence-corrected chi connectivity index (χ0v) is 14.1. The lowest BCUT2D eigenvalue weighted by Crippen LogP contribution is -2.30. The molecule has 126 valence electrons. The molecule has 3 rings (SSSR count). The van der Waals surface area contributed by atoms with Gasteiger partial charge in [0.2, 0.25) is 0 Å². The lowest BCUT2D eigenvalue weighted by molar-refractivity contribution is -0.142. The second-order valence-corrected chi connectivity index (χ2v) is 6.47. The molecule has 1 aromatic heterocycles. The number of hydrogen-bond acceptors (Lipinski definition) is 3. The summed E-state index contributed by atoms with van der Waals surface area (Å²) in [5.74, 6) is -1.54. The van der Waals surface area contributed by atoms with Crippen molar-refractivity contribution in [2.75, 3.05) is 13.1 Å². The monoisotopic (exact) mass is 327 g/mol. The highest BCUT2D eigenvalue weighted by Crippen LogP contribution is 2.26. The summed E-state index contributed by atoms with van der Waals surface area (Å²) >= 11 is 0. The Balaban J connectivity index is 1.88. The molecule has 0 saturated carbocycles. The van der Waals surface area contributed by atoms with Crippen LogP contribution in [0.15, 0.2) is 30.5 Å². The number of carboxylic acids is 1. The molecule has 1 amide bonds. The maximum Gasteiger partial charge on any atom is 0.308 e. The summed E-state index contributed by atoms with van der Waals surface area (Å²) in [6.45, 7) is 6.45. The first kappa shape index (κ1) is 16.2. The summed E-state index contributed by atoms with van der Waals surface area (Å²) in [5.41, 5.74) is 3.30. The number of aryl methyl sites for hydroxylation is 1. The van der Waals surface area contributed by atoms with E-state index in [1.165, 1.54) is 0 Å². The van der Waals surface area contributed by atoms with Crippen LogP contribution < -0.4 is 0 Å². The molecular weight excluding hydrogens is 306 g/mol. The van der Waals surface area contributed by atoms with Crippen LogP contribution in [0.4, 0.5) is 0 Å². The van der Waals surface area contributed by atoms with E-state index >= 15 is 0 Å². The topological polar surface area (TPSA) is 75.4 Å². The smallest absolute Gasteiger partial charge is 0.308 e. The van der Waals surface area contributed by atoms with Crippen LogP contribution in [-0.4, -0.2) is 44.8 Å². The van der Waals surface area contributed by atoms with Crippen molar-refractivity contribution in [2.24, 2.45) is 11.8 Å². The average Bonchev–Trinajstić information content (AvgIpc) is 3.11. The maximum absolute atomic E-state index is 12.8. The van der Waals surface area contributed by atoms with E-state index in [4.69, 9.17) is 0 Å². The molecule has 1 N–H and O–H groups in total. The first-order valence-electron chi connectivity index (χ1n) is 8.03. The Morgan fingerprint density at radius 2 is 1.92 bits per heavy atom. The van der Waals surface area contributed by atoms with Crippen LogP contribution in [0.25, 0.3) is 5.69 Å². The summed E-state index contributed by atoms with van der Waals surface area (Å²) < 4.78 is 1.76. The van der Waals surface area contributed by atoms with Gasteiger partial charge in [-0.1, -0.05) is 25.1 Å². The molecule has 0 spiro atoms. The van der Waals surface area contributed by atoms with Gasteiger partial charge in [0.25, 0.3) is 5.91 Å². The third-order valence-electron chi connectivity index (χ3n) is 4.80. The summed E-state index contributed by atoms with van der Waals surface area (Å²) in [4.78, 5) is 25.7. The molecule has 0 radical (unpaired) electrons. The second-order valence-electron chi connectivity index (χ2n) is 6.47. The molecule has 0 bridgehead atoms. The number of carbonyl (C=O) groups is 2. The molecule has 1 fully saturated rings. The predicted molar refractivity (Wildman–Crippen MR) is 89.2 cm³/mol. The third-order valence-corrected chi connectivity index (χ3v) is 4.80. The van der Waals surface area contributed by atoms with E-state index < -0.39 is 11.9 Å². The van der Waals surface area contributed by atoms with Gasteiger partial charge in [0, 0.05) is 13.1 Å². The number of para-hydroxylation sites is 1.